The Morgan fingerprint density at radius 3 is 1.94 bits per heavy atom. The van der Waals surface area contributed by atoms with Crippen molar-refractivity contribution in [2.75, 3.05) is 4.90 Å². The van der Waals surface area contributed by atoms with Gasteiger partial charge >= 0.3 is 0 Å². The van der Waals surface area contributed by atoms with Crippen LogP contribution < -0.4 is 4.90 Å². The third-order valence-corrected chi connectivity index (χ3v) is 7.43. The minimum Gasteiger partial charge on any atom is -0.349 e. The van der Waals surface area contributed by atoms with Gasteiger partial charge in [0.1, 0.15) is 0 Å². The van der Waals surface area contributed by atoms with Crippen LogP contribution >= 0.6 is 11.6 Å². The maximum Gasteiger partial charge on any atom is 0.241 e. The third-order valence-electron chi connectivity index (χ3n) is 7.18. The Balaban J connectivity index is 1.55. The zero-order valence-electron chi connectivity index (χ0n) is 18.9. The number of ketones is 2. The molecule has 2 saturated heterocycles. The first-order valence-corrected chi connectivity index (χ1v) is 11.7. The van der Waals surface area contributed by atoms with Gasteiger partial charge in [-0.1, -0.05) is 54.1 Å². The summed E-state index contributed by atoms with van der Waals surface area (Å²) in [5.41, 5.74) is 1.10. The summed E-state index contributed by atoms with van der Waals surface area (Å²) in [4.78, 5) is 56.5. The molecule has 3 aromatic rings. The van der Waals surface area contributed by atoms with Crippen molar-refractivity contribution in [3.8, 4) is 0 Å². The average Bonchev–Trinajstić information content (AvgIpc) is 3.39. The maximum atomic E-state index is 14.0. The van der Waals surface area contributed by atoms with Gasteiger partial charge in [0.15, 0.2) is 0 Å². The zero-order valence-corrected chi connectivity index (χ0v) is 19.7. The van der Waals surface area contributed by atoms with Gasteiger partial charge in [-0.3, -0.25) is 19.2 Å². The molecule has 6 nitrogen and oxygen atoms in total. The van der Waals surface area contributed by atoms with Crippen molar-refractivity contribution in [2.45, 2.75) is 25.6 Å². The lowest BCUT2D eigenvalue weighted by molar-refractivity contribution is -0.127. The Bertz CT molecular complexity index is 1410. The van der Waals surface area contributed by atoms with Crippen LogP contribution in [-0.4, -0.2) is 29.0 Å². The van der Waals surface area contributed by atoms with Crippen molar-refractivity contribution < 1.29 is 23.9 Å². The third kappa shape index (κ3) is 2.87. The highest BCUT2D eigenvalue weighted by Crippen LogP contribution is 2.57. The fourth-order valence-corrected chi connectivity index (χ4v) is 5.93. The second kappa shape index (κ2) is 7.44. The van der Waals surface area contributed by atoms with Crippen molar-refractivity contribution in [1.29, 1.82) is 0 Å². The van der Waals surface area contributed by atoms with Crippen LogP contribution in [0.2, 0.25) is 5.02 Å². The van der Waals surface area contributed by atoms with Crippen LogP contribution in [0.1, 0.15) is 43.5 Å². The van der Waals surface area contributed by atoms with Crippen molar-refractivity contribution in [2.24, 2.45) is 11.8 Å². The summed E-state index contributed by atoms with van der Waals surface area (Å²) in [5, 5.41) is 0.490. The molecule has 0 saturated carbocycles. The number of ether oxygens (including phenoxy) is 1. The molecule has 35 heavy (non-hydrogen) atoms. The first-order valence-electron chi connectivity index (χ1n) is 11.3. The van der Waals surface area contributed by atoms with E-state index in [-0.39, 0.29) is 11.1 Å². The SMILES string of the molecule is Cc1cc(C)cc(N2C(=O)[C@@H]3[C@@H](c4ccc(Cl)cc4)OC4(C(=O)c5ccccc5C4=O)[C@H]3C2=O)c1. The van der Waals surface area contributed by atoms with Gasteiger partial charge in [-0.25, -0.2) is 4.90 Å². The molecule has 3 aliphatic rings. The molecule has 0 N–H and O–H groups in total. The molecule has 3 atom stereocenters. The Morgan fingerprint density at radius 2 is 1.37 bits per heavy atom. The molecular weight excluding hydrogens is 466 g/mol. The number of imide groups is 1. The fourth-order valence-electron chi connectivity index (χ4n) is 5.80. The van der Waals surface area contributed by atoms with Crippen LogP contribution in [0.5, 0.6) is 0 Å². The van der Waals surface area contributed by atoms with Crippen LogP contribution in [0.3, 0.4) is 0 Å². The molecule has 2 heterocycles. The number of fused-ring (bicyclic) bond motifs is 3. The lowest BCUT2D eigenvalue weighted by Crippen LogP contribution is -2.51. The topological polar surface area (TPSA) is 80.8 Å². The molecule has 2 amide bonds. The number of carbonyl (C=O) groups is 4. The first-order chi connectivity index (χ1) is 16.7. The van der Waals surface area contributed by atoms with Gasteiger partial charge in [0.2, 0.25) is 29.0 Å². The van der Waals surface area contributed by atoms with Crippen molar-refractivity contribution >= 4 is 40.7 Å². The summed E-state index contributed by atoms with van der Waals surface area (Å²) < 4.78 is 6.27. The number of carbonyl (C=O) groups excluding carboxylic acids is 4. The van der Waals surface area contributed by atoms with Gasteiger partial charge in [-0.05, 0) is 54.8 Å². The van der Waals surface area contributed by atoms with Crippen LogP contribution in [0.25, 0.3) is 0 Å². The van der Waals surface area contributed by atoms with Gasteiger partial charge < -0.3 is 4.74 Å². The Labute approximate surface area is 206 Å². The van der Waals surface area contributed by atoms with Gasteiger partial charge in [0.05, 0.1) is 23.6 Å². The second-order valence-corrected chi connectivity index (χ2v) is 9.83. The van der Waals surface area contributed by atoms with E-state index < -0.39 is 46.9 Å². The van der Waals surface area contributed by atoms with E-state index >= 15 is 0 Å². The summed E-state index contributed by atoms with van der Waals surface area (Å²) in [6, 6.07) is 18.6. The summed E-state index contributed by atoms with van der Waals surface area (Å²) in [6.45, 7) is 3.76. The number of anilines is 1. The summed E-state index contributed by atoms with van der Waals surface area (Å²) >= 11 is 6.06. The second-order valence-electron chi connectivity index (χ2n) is 9.39. The van der Waals surface area contributed by atoms with E-state index in [2.05, 4.69) is 0 Å². The predicted molar refractivity (Wildman–Crippen MR) is 129 cm³/mol. The molecule has 6 rings (SSSR count). The highest BCUT2D eigenvalue weighted by atomic mass is 35.5. The summed E-state index contributed by atoms with van der Waals surface area (Å²) in [7, 11) is 0. The highest BCUT2D eigenvalue weighted by Gasteiger charge is 2.74. The normalized spacial score (nSPS) is 24.4. The standard InChI is InChI=1S/C28H20ClNO5/c1-14-11-15(2)13-18(12-14)30-26(33)21-22(27(30)34)28(35-23(21)16-7-9-17(29)10-8-16)24(31)19-5-3-4-6-20(19)25(28)32/h3-13,21-23H,1-2H3/t21-,22+,23+/m0/s1. The minimum atomic E-state index is -2.08. The number of benzene rings is 3. The first kappa shape index (κ1) is 21.9. The number of nitrogens with zero attached hydrogens (tertiary/aromatic N) is 1. The van der Waals surface area contributed by atoms with Crippen LogP contribution in [-0.2, 0) is 14.3 Å². The maximum absolute atomic E-state index is 14.0. The van der Waals surface area contributed by atoms with Gasteiger partial charge in [0.25, 0.3) is 0 Å². The van der Waals surface area contributed by atoms with E-state index in [1.165, 1.54) is 0 Å². The number of Topliss-reactive ketones (excluding diaryl/α,β-unsaturated/α-hetero) is 2. The molecule has 0 bridgehead atoms. The number of hydrogen-bond acceptors (Lipinski definition) is 5. The average molecular weight is 486 g/mol. The molecule has 174 valence electrons. The van der Waals surface area contributed by atoms with Crippen LogP contribution in [0, 0.1) is 25.7 Å². The molecular formula is C28H20ClNO5. The Kier molecular flexibility index (Phi) is 4.66. The number of rotatable bonds is 2. The molecule has 3 aromatic carbocycles. The molecule has 2 fully saturated rings. The quantitative estimate of drug-likeness (QED) is 0.390. The van der Waals surface area contributed by atoms with Gasteiger partial charge in [-0.15, -0.1) is 0 Å². The van der Waals surface area contributed by atoms with E-state index in [0.717, 1.165) is 16.0 Å². The van der Waals surface area contributed by atoms with Crippen LogP contribution in [0.4, 0.5) is 5.69 Å². The van der Waals surface area contributed by atoms with Crippen molar-refractivity contribution in [3.63, 3.8) is 0 Å². The van der Waals surface area contributed by atoms with Gasteiger partial charge in [-0.2, -0.15) is 0 Å². The lowest BCUT2D eigenvalue weighted by atomic mass is 9.77. The zero-order chi connectivity index (χ0) is 24.6. The molecule has 0 aromatic heterocycles. The predicted octanol–water partition coefficient (Wildman–Crippen LogP) is 4.65. The lowest BCUT2D eigenvalue weighted by Gasteiger charge is -2.27. The number of aryl methyl sites for hydroxylation is 2. The molecule has 2 aliphatic heterocycles. The smallest absolute Gasteiger partial charge is 0.241 e. The number of hydrogen-bond donors (Lipinski definition) is 0. The van der Waals surface area contributed by atoms with E-state index in [4.69, 9.17) is 16.3 Å². The summed E-state index contributed by atoms with van der Waals surface area (Å²) in [6.07, 6.45) is -0.966. The van der Waals surface area contributed by atoms with Crippen molar-refractivity contribution in [3.05, 3.63) is 99.6 Å². The Hall–Kier alpha value is -3.61. The molecule has 0 radical (unpaired) electrons. The number of amides is 2. The molecule has 0 unspecified atom stereocenters. The van der Waals surface area contributed by atoms with Crippen molar-refractivity contribution in [1.82, 2.24) is 0 Å². The van der Waals surface area contributed by atoms with E-state index in [0.29, 0.717) is 16.3 Å². The highest BCUT2D eigenvalue weighted by molar-refractivity contribution is 6.37. The Morgan fingerprint density at radius 1 is 0.800 bits per heavy atom. The van der Waals surface area contributed by atoms with E-state index in [1.54, 1.807) is 60.7 Å². The monoisotopic (exact) mass is 485 g/mol. The van der Waals surface area contributed by atoms with Gasteiger partial charge in [0, 0.05) is 16.1 Å². The largest absolute Gasteiger partial charge is 0.349 e. The molecule has 1 aliphatic carbocycles. The number of halogens is 1. The molecule has 1 spiro atoms. The van der Waals surface area contributed by atoms with E-state index in [1.807, 2.05) is 19.9 Å². The minimum absolute atomic E-state index is 0.207. The fraction of sp³-hybridized carbons (Fsp3) is 0.214. The van der Waals surface area contributed by atoms with Crippen LogP contribution in [0.15, 0.2) is 66.7 Å². The summed E-state index contributed by atoms with van der Waals surface area (Å²) in [5.74, 6) is -4.55. The molecule has 7 heteroatoms. The van der Waals surface area contributed by atoms with E-state index in [9.17, 15) is 19.2 Å².